The van der Waals surface area contributed by atoms with Gasteiger partial charge in [0.05, 0.1) is 21.3 Å². The van der Waals surface area contributed by atoms with Crippen LogP contribution in [0.25, 0.3) is 0 Å². The summed E-state index contributed by atoms with van der Waals surface area (Å²) in [4.78, 5) is 0. The van der Waals surface area contributed by atoms with Gasteiger partial charge in [0.1, 0.15) is 17.2 Å². The first-order chi connectivity index (χ1) is 35.8. The van der Waals surface area contributed by atoms with Crippen molar-refractivity contribution in [3.8, 4) is 17.2 Å². The highest BCUT2D eigenvalue weighted by molar-refractivity contribution is 6.30. The van der Waals surface area contributed by atoms with Gasteiger partial charge in [-0.2, -0.15) is 0 Å². The number of hydrogen-bond acceptors (Lipinski definition) is 8. The molecule has 8 aromatic carbocycles. The van der Waals surface area contributed by atoms with Crippen molar-refractivity contribution in [3.63, 3.8) is 0 Å². The van der Waals surface area contributed by atoms with Crippen LogP contribution in [0.2, 0.25) is 5.02 Å². The van der Waals surface area contributed by atoms with Crippen LogP contribution in [0.1, 0.15) is 92.6 Å². The van der Waals surface area contributed by atoms with Crippen molar-refractivity contribution in [2.45, 2.75) is 99.4 Å². The smallest absolute Gasteiger partial charge is 0.119 e. The van der Waals surface area contributed by atoms with Crippen LogP contribution in [0, 0.1) is 34.6 Å². The van der Waals surface area contributed by atoms with Gasteiger partial charge in [-0.3, -0.25) is 0 Å². The molecule has 9 heteroatoms. The molecule has 0 heterocycles. The van der Waals surface area contributed by atoms with Crippen LogP contribution >= 0.6 is 11.6 Å². The molecule has 8 rings (SSSR count). The van der Waals surface area contributed by atoms with E-state index in [1.54, 1.807) is 21.3 Å². The number of para-hydroxylation sites is 2. The van der Waals surface area contributed by atoms with Gasteiger partial charge in [0.25, 0.3) is 0 Å². The second-order valence-corrected chi connectivity index (χ2v) is 15.7. The molecule has 0 bridgehead atoms. The minimum Gasteiger partial charge on any atom is -0.497 e. The quantitative estimate of drug-likeness (QED) is 0.103. The molecule has 0 fully saturated rings. The molecule has 0 atom stereocenters. The number of ether oxygens (including phenoxy) is 3. The molecule has 5 N–H and O–H groups in total. The molecule has 8 aromatic rings. The molecule has 440 valence electrons. The summed E-state index contributed by atoms with van der Waals surface area (Å²) in [5.41, 5.74) is 12.1. The van der Waals surface area contributed by atoms with E-state index in [2.05, 4.69) is 103 Å². The van der Waals surface area contributed by atoms with E-state index in [0.717, 1.165) is 33.6 Å². The van der Waals surface area contributed by atoms with Gasteiger partial charge >= 0.3 is 0 Å². The van der Waals surface area contributed by atoms with Crippen LogP contribution in [-0.2, 0) is 0 Å². The van der Waals surface area contributed by atoms with Gasteiger partial charge < -0.3 is 40.8 Å². The number of hydrogen-bond donors (Lipinski definition) is 5. The Kier molecular flexibility index (Phi) is 62.8. The van der Waals surface area contributed by atoms with E-state index in [9.17, 15) is 0 Å². The molecule has 0 aliphatic heterocycles. The lowest BCUT2D eigenvalue weighted by atomic mass is 10.2. The molecule has 0 unspecified atom stereocenters. The summed E-state index contributed by atoms with van der Waals surface area (Å²) in [5, 5.41) is 16.0. The van der Waals surface area contributed by atoms with Crippen LogP contribution in [0.3, 0.4) is 0 Å². The number of rotatable bonds is 8. The van der Waals surface area contributed by atoms with Gasteiger partial charge in [-0.25, -0.2) is 0 Å². The summed E-state index contributed by atoms with van der Waals surface area (Å²) in [6.45, 7) is 18.4. The van der Waals surface area contributed by atoms with Gasteiger partial charge in [-0.05, 0) is 154 Å². The van der Waals surface area contributed by atoms with Crippen molar-refractivity contribution in [1.82, 2.24) is 0 Å². The van der Waals surface area contributed by atoms with Crippen molar-refractivity contribution < 1.29 is 14.2 Å². The summed E-state index contributed by atoms with van der Waals surface area (Å²) in [6.07, 6.45) is 0. The minimum atomic E-state index is 0. The summed E-state index contributed by atoms with van der Waals surface area (Å²) in [5.74, 6) is 2.75. The number of anilines is 5. The maximum Gasteiger partial charge on any atom is 0.119 e. The molecule has 0 aliphatic rings. The molecule has 0 amide bonds. The Morgan fingerprint density at radius 1 is 0.266 bits per heavy atom. The zero-order chi connectivity index (χ0) is 55.8. The van der Waals surface area contributed by atoms with E-state index in [-0.39, 0.29) is 37.1 Å². The predicted molar refractivity (Wildman–Crippen MR) is 364 cm³/mol. The zero-order valence-corrected chi connectivity index (χ0v) is 48.5. The second-order valence-electron chi connectivity index (χ2n) is 15.3. The Balaban J connectivity index is -0.000000147. The average molecular weight is 1110 g/mol. The first-order valence-corrected chi connectivity index (χ1v) is 25.4. The molecule has 0 radical (unpaired) electrons. The summed E-state index contributed by atoms with van der Waals surface area (Å²) >= 11 is 5.68. The van der Waals surface area contributed by atoms with Crippen molar-refractivity contribution in [2.24, 2.45) is 0 Å². The molecule has 0 aromatic heterocycles. The topological polar surface area (TPSA) is 87.8 Å². The fourth-order valence-electron chi connectivity index (χ4n) is 5.54. The lowest BCUT2D eigenvalue weighted by molar-refractivity contribution is 0.414. The molecular weight excluding hydrogens is 994 g/mol. The Hall–Kier alpha value is -7.55. The van der Waals surface area contributed by atoms with Crippen molar-refractivity contribution >= 4 is 40.0 Å². The standard InChI is InChI=1S/3C8H11N.2C8H10O.C7H8ClN.C7H9N.C7H8O.2C2H6.5CH4/c1-7-3-5-8(9-2)6-4-7;2*1-7-4-3-5-8(6-7)9-2;1-7-3-5-8(9-2)6-4-7;1-7-4-3-5-8(6-7)9-2;1-9-7-4-2-3-6(8)5-7;2*1-8-7-5-3-2-4-6-7;2*1-2;;;;;/h3*3-6,9H,1-2H3;2*3-6H,1-2H3;2-5,9H,1H3;2-6,8H,1H3;2-6H,1H3;2*1-2H3;5*1H4. The zero-order valence-electron chi connectivity index (χ0n) is 47.7. The number of benzene rings is 8. The third kappa shape index (κ3) is 46.3. The third-order valence-electron chi connectivity index (χ3n) is 9.59. The summed E-state index contributed by atoms with van der Waals surface area (Å²) in [7, 11) is 14.6. The van der Waals surface area contributed by atoms with Crippen molar-refractivity contribution in [3.05, 3.63) is 239 Å². The highest BCUT2D eigenvalue weighted by Crippen LogP contribution is 2.14. The number of nitrogens with one attached hydrogen (secondary N) is 5. The predicted octanol–water partition coefficient (Wildman–Crippen LogP) is 21.2. The lowest BCUT2D eigenvalue weighted by Crippen LogP contribution is -1.86. The maximum absolute atomic E-state index is 5.68. The Bertz CT molecular complexity index is 2220. The largest absolute Gasteiger partial charge is 0.497 e. The maximum atomic E-state index is 5.68. The summed E-state index contributed by atoms with van der Waals surface area (Å²) < 4.78 is 14.9. The Labute approximate surface area is 490 Å². The Morgan fingerprint density at radius 2 is 0.544 bits per heavy atom. The van der Waals surface area contributed by atoms with E-state index in [1.165, 1.54) is 44.9 Å². The Morgan fingerprint density at radius 3 is 0.823 bits per heavy atom. The molecule has 0 saturated carbocycles. The molecule has 0 saturated heterocycles. The number of aryl methyl sites for hydroxylation is 5. The van der Waals surface area contributed by atoms with E-state index in [4.69, 9.17) is 25.8 Å². The van der Waals surface area contributed by atoms with Gasteiger partial charge in [-0.1, -0.05) is 191 Å². The highest BCUT2D eigenvalue weighted by Gasteiger charge is 1.90. The van der Waals surface area contributed by atoms with E-state index in [1.807, 2.05) is 228 Å². The van der Waals surface area contributed by atoms with Crippen LogP contribution in [0.15, 0.2) is 206 Å². The van der Waals surface area contributed by atoms with Gasteiger partial charge in [-0.15, -0.1) is 0 Å². The SMILES string of the molecule is C.C.C.C.C.CC.CC.CNc1ccc(C)cc1.CNc1cccc(C)c1.CNc1cccc(C)c1.CNc1cccc(Cl)c1.CNc1ccccc1.COc1ccc(C)cc1.COc1cccc(C)c1.COc1ccccc1. The van der Waals surface area contributed by atoms with Crippen molar-refractivity contribution in [1.29, 1.82) is 0 Å². The molecule has 79 heavy (non-hydrogen) atoms. The fraction of sp³-hybridized carbons (Fsp3) is 0.314. The van der Waals surface area contributed by atoms with Crippen LogP contribution in [0.4, 0.5) is 28.4 Å². The van der Waals surface area contributed by atoms with E-state index in [0.29, 0.717) is 0 Å². The fourth-order valence-corrected chi connectivity index (χ4v) is 5.73. The number of methoxy groups -OCH3 is 3. The van der Waals surface area contributed by atoms with Crippen LogP contribution in [-0.4, -0.2) is 56.6 Å². The van der Waals surface area contributed by atoms with Gasteiger partial charge in [0, 0.05) is 68.7 Å². The lowest BCUT2D eigenvalue weighted by Gasteiger charge is -1.98. The molecule has 8 nitrogen and oxygen atoms in total. The minimum absolute atomic E-state index is 0. The van der Waals surface area contributed by atoms with Crippen LogP contribution < -0.4 is 40.8 Å². The van der Waals surface area contributed by atoms with E-state index < -0.39 is 0 Å². The summed E-state index contributed by atoms with van der Waals surface area (Å²) in [6, 6.07) is 68.2. The highest BCUT2D eigenvalue weighted by atomic mass is 35.5. The number of halogens is 1. The second kappa shape index (κ2) is 58.1. The molecular formula is C70H110ClN5O3. The van der Waals surface area contributed by atoms with Gasteiger partial charge in [0.15, 0.2) is 0 Å². The average Bonchev–Trinajstić information content (AvgIpc) is 3.46. The van der Waals surface area contributed by atoms with E-state index >= 15 is 0 Å². The van der Waals surface area contributed by atoms with Crippen LogP contribution in [0.5, 0.6) is 17.2 Å². The molecule has 0 spiro atoms. The normalized spacial score (nSPS) is 8.13. The third-order valence-corrected chi connectivity index (χ3v) is 9.83. The molecule has 0 aliphatic carbocycles. The van der Waals surface area contributed by atoms with Crippen molar-refractivity contribution in [2.75, 3.05) is 83.2 Å². The first kappa shape index (κ1) is 85.4. The first-order valence-electron chi connectivity index (χ1n) is 25.0. The van der Waals surface area contributed by atoms with Gasteiger partial charge in [0.2, 0.25) is 0 Å². The monoisotopic (exact) mass is 1100 g/mol.